The normalized spacial score (nSPS) is 14.8. The van der Waals surface area contributed by atoms with Gasteiger partial charge >= 0.3 is 0 Å². The van der Waals surface area contributed by atoms with E-state index in [2.05, 4.69) is 15.6 Å². The van der Waals surface area contributed by atoms with Crippen LogP contribution in [0.5, 0.6) is 5.75 Å². The van der Waals surface area contributed by atoms with E-state index >= 15 is 0 Å². The number of nitrogens with one attached hydrogen (secondary N) is 2. The van der Waals surface area contributed by atoms with Gasteiger partial charge in [0.05, 0.1) is 17.3 Å². The maximum absolute atomic E-state index is 13.8. The molecular weight excluding hydrogens is 307 g/mol. The Balaban J connectivity index is 1.61. The van der Waals surface area contributed by atoms with Crippen molar-refractivity contribution >= 4 is 5.82 Å². The summed E-state index contributed by atoms with van der Waals surface area (Å²) in [6.45, 7) is 2.20. The van der Waals surface area contributed by atoms with Crippen LogP contribution >= 0.6 is 0 Å². The highest BCUT2D eigenvalue weighted by Crippen LogP contribution is 2.19. The van der Waals surface area contributed by atoms with E-state index in [1.807, 2.05) is 24.3 Å². The molecule has 2 aromatic rings. The molecule has 124 valence electrons. The third-order valence-corrected chi connectivity index (χ3v) is 3.93. The van der Waals surface area contributed by atoms with Crippen molar-refractivity contribution in [1.29, 1.82) is 5.26 Å². The van der Waals surface area contributed by atoms with Crippen molar-refractivity contribution in [3.8, 4) is 11.8 Å². The molecular formula is C18H19FN4O. The third kappa shape index (κ3) is 4.21. The molecule has 1 fully saturated rings. The highest BCUT2D eigenvalue weighted by Gasteiger charge is 2.13. The number of ether oxygens (including phenoxy) is 1. The molecule has 1 aliphatic rings. The summed E-state index contributed by atoms with van der Waals surface area (Å²) < 4.78 is 19.3. The number of nitrogens with zero attached hydrogens (tertiary/aromatic N) is 2. The lowest BCUT2D eigenvalue weighted by molar-refractivity contribution is 0.286. The number of pyridine rings is 1. The smallest absolute Gasteiger partial charge is 0.166 e. The number of rotatable bonds is 5. The van der Waals surface area contributed by atoms with Crippen molar-refractivity contribution in [3.63, 3.8) is 0 Å². The second kappa shape index (κ2) is 7.75. The van der Waals surface area contributed by atoms with Crippen LogP contribution in [0.3, 0.4) is 0 Å². The predicted molar refractivity (Wildman–Crippen MR) is 89.2 cm³/mol. The summed E-state index contributed by atoms with van der Waals surface area (Å²) in [7, 11) is 0. The predicted octanol–water partition coefficient (Wildman–Crippen LogP) is 2.84. The molecule has 0 spiro atoms. The minimum atomic E-state index is -0.543. The molecule has 5 nitrogen and oxygen atoms in total. The van der Waals surface area contributed by atoms with Crippen molar-refractivity contribution in [1.82, 2.24) is 10.3 Å². The van der Waals surface area contributed by atoms with Gasteiger partial charge in [-0.15, -0.1) is 0 Å². The molecule has 1 aromatic heterocycles. The molecule has 0 unspecified atom stereocenters. The van der Waals surface area contributed by atoms with Crippen LogP contribution in [0.1, 0.15) is 24.1 Å². The van der Waals surface area contributed by atoms with E-state index in [9.17, 15) is 4.39 Å². The van der Waals surface area contributed by atoms with Crippen LogP contribution in [0.25, 0.3) is 0 Å². The molecule has 2 N–H and O–H groups in total. The Morgan fingerprint density at radius 3 is 2.88 bits per heavy atom. The number of anilines is 1. The summed E-state index contributed by atoms with van der Waals surface area (Å²) in [4.78, 5) is 4.51. The second-order valence-electron chi connectivity index (χ2n) is 5.73. The number of aromatic nitrogens is 1. The van der Waals surface area contributed by atoms with Crippen molar-refractivity contribution in [2.45, 2.75) is 25.5 Å². The van der Waals surface area contributed by atoms with Crippen LogP contribution in [0.4, 0.5) is 10.2 Å². The Morgan fingerprint density at radius 1 is 1.29 bits per heavy atom. The van der Waals surface area contributed by atoms with Gasteiger partial charge in [0, 0.05) is 6.04 Å². The molecule has 0 saturated carbocycles. The van der Waals surface area contributed by atoms with Crippen molar-refractivity contribution < 1.29 is 9.13 Å². The van der Waals surface area contributed by atoms with E-state index in [4.69, 9.17) is 10.00 Å². The molecule has 0 amide bonds. The fourth-order valence-corrected chi connectivity index (χ4v) is 2.65. The SMILES string of the molecule is N#Cc1ccc(OCc2cccc(NC3CCNCC3)n2)c(F)c1. The molecule has 6 heteroatoms. The molecule has 0 atom stereocenters. The summed E-state index contributed by atoms with van der Waals surface area (Å²) in [5.74, 6) is 0.383. The lowest BCUT2D eigenvalue weighted by Crippen LogP contribution is -2.35. The Kier molecular flexibility index (Phi) is 5.24. The van der Waals surface area contributed by atoms with E-state index in [0.29, 0.717) is 6.04 Å². The Bertz CT molecular complexity index is 738. The molecule has 3 rings (SSSR count). The van der Waals surface area contributed by atoms with Gasteiger partial charge in [0.25, 0.3) is 0 Å². The van der Waals surface area contributed by atoms with Crippen molar-refractivity contribution in [3.05, 3.63) is 53.5 Å². The highest BCUT2D eigenvalue weighted by atomic mass is 19.1. The average Bonchev–Trinajstić information content (AvgIpc) is 2.62. The van der Waals surface area contributed by atoms with Crippen LogP contribution in [-0.2, 0) is 6.61 Å². The number of hydrogen-bond donors (Lipinski definition) is 2. The van der Waals surface area contributed by atoms with Crippen LogP contribution in [-0.4, -0.2) is 24.1 Å². The van der Waals surface area contributed by atoms with Gasteiger partial charge in [-0.3, -0.25) is 0 Å². The zero-order valence-electron chi connectivity index (χ0n) is 13.3. The summed E-state index contributed by atoms with van der Waals surface area (Å²) >= 11 is 0. The molecule has 0 radical (unpaired) electrons. The quantitative estimate of drug-likeness (QED) is 0.884. The lowest BCUT2D eigenvalue weighted by atomic mass is 10.1. The summed E-state index contributed by atoms with van der Waals surface area (Å²) in [6, 6.07) is 12.1. The van der Waals surface area contributed by atoms with Gasteiger partial charge in [-0.2, -0.15) is 5.26 Å². The monoisotopic (exact) mass is 326 g/mol. The maximum atomic E-state index is 13.8. The minimum Gasteiger partial charge on any atom is -0.484 e. The van der Waals surface area contributed by atoms with Gasteiger partial charge < -0.3 is 15.4 Å². The first-order valence-corrected chi connectivity index (χ1v) is 8.00. The number of hydrogen-bond acceptors (Lipinski definition) is 5. The fourth-order valence-electron chi connectivity index (χ4n) is 2.65. The first kappa shape index (κ1) is 16.2. The van der Waals surface area contributed by atoms with Crippen molar-refractivity contribution in [2.24, 2.45) is 0 Å². The lowest BCUT2D eigenvalue weighted by Gasteiger charge is -2.24. The van der Waals surface area contributed by atoms with Gasteiger partial charge in [-0.05, 0) is 56.3 Å². The number of nitriles is 1. The summed E-state index contributed by atoms with van der Waals surface area (Å²) in [5.41, 5.74) is 0.990. The zero-order valence-corrected chi connectivity index (χ0v) is 13.3. The molecule has 2 heterocycles. The van der Waals surface area contributed by atoms with Crippen LogP contribution < -0.4 is 15.4 Å². The van der Waals surface area contributed by atoms with Gasteiger partial charge in [-0.25, -0.2) is 9.37 Å². The molecule has 1 saturated heterocycles. The summed E-state index contributed by atoms with van der Waals surface area (Å²) in [6.07, 6.45) is 2.14. The molecule has 24 heavy (non-hydrogen) atoms. The zero-order chi connectivity index (χ0) is 16.8. The van der Waals surface area contributed by atoms with Gasteiger partial charge in [0.15, 0.2) is 11.6 Å². The van der Waals surface area contributed by atoms with E-state index in [0.717, 1.165) is 43.5 Å². The van der Waals surface area contributed by atoms with Crippen LogP contribution in [0.2, 0.25) is 0 Å². The molecule has 0 aliphatic carbocycles. The van der Waals surface area contributed by atoms with Gasteiger partial charge in [-0.1, -0.05) is 6.07 Å². The average molecular weight is 326 g/mol. The Labute approximate surface area is 140 Å². The van der Waals surface area contributed by atoms with E-state index in [-0.39, 0.29) is 17.9 Å². The first-order chi connectivity index (χ1) is 11.7. The molecule has 1 aromatic carbocycles. The number of benzene rings is 1. The van der Waals surface area contributed by atoms with Gasteiger partial charge in [0.2, 0.25) is 0 Å². The summed E-state index contributed by atoms with van der Waals surface area (Å²) in [5, 5.41) is 15.5. The first-order valence-electron chi connectivity index (χ1n) is 8.00. The van der Waals surface area contributed by atoms with Gasteiger partial charge in [0.1, 0.15) is 12.4 Å². The number of halogens is 1. The maximum Gasteiger partial charge on any atom is 0.166 e. The van der Waals surface area contributed by atoms with Crippen LogP contribution in [0.15, 0.2) is 36.4 Å². The minimum absolute atomic E-state index is 0.118. The molecule has 1 aliphatic heterocycles. The fraction of sp³-hybridized carbons (Fsp3) is 0.333. The van der Waals surface area contributed by atoms with E-state index in [1.165, 1.54) is 12.1 Å². The Hall–Kier alpha value is -2.65. The Morgan fingerprint density at radius 2 is 2.12 bits per heavy atom. The largest absolute Gasteiger partial charge is 0.484 e. The van der Waals surface area contributed by atoms with Crippen LogP contribution in [0, 0.1) is 17.1 Å². The highest BCUT2D eigenvalue weighted by molar-refractivity contribution is 5.38. The third-order valence-electron chi connectivity index (χ3n) is 3.93. The van der Waals surface area contributed by atoms with E-state index < -0.39 is 5.82 Å². The number of piperidine rings is 1. The topological polar surface area (TPSA) is 70.0 Å². The standard InChI is InChI=1S/C18H19FN4O/c19-16-10-13(11-20)4-5-17(16)24-12-15-2-1-3-18(23-15)22-14-6-8-21-9-7-14/h1-5,10,14,21H,6-9,12H2,(H,22,23). The molecule has 0 bridgehead atoms. The van der Waals surface area contributed by atoms with Crippen molar-refractivity contribution in [2.75, 3.05) is 18.4 Å². The van der Waals surface area contributed by atoms with E-state index in [1.54, 1.807) is 0 Å². The second-order valence-corrected chi connectivity index (χ2v) is 5.73.